The van der Waals surface area contributed by atoms with Crippen LogP contribution in [0.4, 0.5) is 5.69 Å². The number of fused-ring (bicyclic) bond motifs is 1. The number of nitrogens with one attached hydrogen (secondary N) is 1. The highest BCUT2D eigenvalue weighted by atomic mass is 16.1. The van der Waals surface area contributed by atoms with Crippen LogP contribution in [0.15, 0.2) is 108 Å². The molecule has 0 aliphatic heterocycles. The van der Waals surface area contributed by atoms with Crippen LogP contribution in [0.25, 0.3) is 16.9 Å². The Labute approximate surface area is 202 Å². The van der Waals surface area contributed by atoms with Gasteiger partial charge in [0.1, 0.15) is 11.2 Å². The maximum atomic E-state index is 13.6. The molecule has 0 unspecified atom stereocenters. The molecule has 0 radical (unpaired) electrons. The van der Waals surface area contributed by atoms with Gasteiger partial charge in [0.15, 0.2) is 5.65 Å². The number of nitrogens with zero attached hydrogens (tertiary/aromatic N) is 3. The van der Waals surface area contributed by atoms with Crippen LogP contribution in [0.1, 0.15) is 23.2 Å². The number of carbonyl (C=O) groups excluding carboxylic acids is 1. The number of carbonyl (C=O) groups is 1. The summed E-state index contributed by atoms with van der Waals surface area (Å²) in [5.74, 6) is -0.0826. The molecule has 3 aromatic carbocycles. The van der Waals surface area contributed by atoms with Crippen LogP contribution in [0, 0.1) is 0 Å². The zero-order chi connectivity index (χ0) is 24.0. The summed E-state index contributed by atoms with van der Waals surface area (Å²) in [6, 6.07) is 30.6. The highest BCUT2D eigenvalue weighted by molar-refractivity contribution is 5.91. The van der Waals surface area contributed by atoms with Crippen LogP contribution in [-0.2, 0) is 17.6 Å². The molecule has 2 heterocycles. The Morgan fingerprint density at radius 2 is 1.57 bits per heavy atom. The Bertz CT molecular complexity index is 1530. The van der Waals surface area contributed by atoms with E-state index < -0.39 is 0 Å². The molecular weight excluding hydrogens is 436 g/mol. The van der Waals surface area contributed by atoms with Gasteiger partial charge in [0.25, 0.3) is 5.56 Å². The summed E-state index contributed by atoms with van der Waals surface area (Å²) in [5, 5.41) is 2.95. The molecule has 1 amide bonds. The van der Waals surface area contributed by atoms with Crippen LogP contribution in [0.5, 0.6) is 0 Å². The normalized spacial score (nSPS) is 10.9. The number of anilines is 1. The van der Waals surface area contributed by atoms with Crippen LogP contribution < -0.4 is 10.9 Å². The summed E-state index contributed by atoms with van der Waals surface area (Å²) < 4.78 is 1.57. The summed E-state index contributed by atoms with van der Waals surface area (Å²) in [4.78, 5) is 35.2. The summed E-state index contributed by atoms with van der Waals surface area (Å²) in [7, 11) is 0. The molecule has 0 spiro atoms. The molecule has 0 atom stereocenters. The van der Waals surface area contributed by atoms with E-state index in [2.05, 4.69) is 15.3 Å². The number of hydrogen-bond donors (Lipinski definition) is 1. The molecule has 6 heteroatoms. The molecule has 5 rings (SSSR count). The molecule has 0 fully saturated rings. The van der Waals surface area contributed by atoms with Crippen molar-refractivity contribution in [2.45, 2.75) is 19.3 Å². The standard InChI is InChI=1S/C29H24N4O2/c34-27(17-16-21-9-3-1-4-10-21)31-23-13-7-14-24(20-23)33-28-25(15-8-18-30-28)32-26(29(33)35)19-22-11-5-2-6-12-22/h1-15,18,20H,16-17,19H2,(H,31,34). The molecule has 0 saturated heterocycles. The minimum absolute atomic E-state index is 0.0826. The molecule has 5 aromatic rings. The molecule has 0 bridgehead atoms. The highest BCUT2D eigenvalue weighted by Gasteiger charge is 2.15. The van der Waals surface area contributed by atoms with Crippen LogP contribution in [0.2, 0.25) is 0 Å². The second-order valence-corrected chi connectivity index (χ2v) is 8.29. The molecule has 6 nitrogen and oxygen atoms in total. The predicted molar refractivity (Wildman–Crippen MR) is 138 cm³/mol. The van der Waals surface area contributed by atoms with E-state index in [4.69, 9.17) is 0 Å². The van der Waals surface area contributed by atoms with Crippen molar-refractivity contribution in [2.75, 3.05) is 5.32 Å². The van der Waals surface area contributed by atoms with Gasteiger partial charge in [0, 0.05) is 24.7 Å². The zero-order valence-electron chi connectivity index (χ0n) is 19.1. The minimum atomic E-state index is -0.229. The van der Waals surface area contributed by atoms with E-state index in [0.717, 1.165) is 11.1 Å². The Hall–Kier alpha value is -4.58. The lowest BCUT2D eigenvalue weighted by Gasteiger charge is -2.13. The van der Waals surface area contributed by atoms with Gasteiger partial charge in [-0.05, 0) is 47.9 Å². The third-order valence-corrected chi connectivity index (χ3v) is 5.77. The van der Waals surface area contributed by atoms with Crippen molar-refractivity contribution in [3.63, 3.8) is 0 Å². The van der Waals surface area contributed by atoms with Crippen molar-refractivity contribution in [1.82, 2.24) is 14.5 Å². The lowest BCUT2D eigenvalue weighted by atomic mass is 10.1. The maximum Gasteiger partial charge on any atom is 0.278 e. The Morgan fingerprint density at radius 3 is 2.34 bits per heavy atom. The first kappa shape index (κ1) is 22.2. The van der Waals surface area contributed by atoms with Crippen LogP contribution in [-0.4, -0.2) is 20.4 Å². The molecule has 0 aliphatic carbocycles. The Kier molecular flexibility index (Phi) is 6.44. The van der Waals surface area contributed by atoms with Gasteiger partial charge in [-0.1, -0.05) is 66.7 Å². The van der Waals surface area contributed by atoms with Crippen LogP contribution >= 0.6 is 0 Å². The summed E-state index contributed by atoms with van der Waals surface area (Å²) in [5.41, 5.74) is 4.68. The van der Waals surface area contributed by atoms with Gasteiger partial charge < -0.3 is 5.32 Å². The third-order valence-electron chi connectivity index (χ3n) is 5.77. The molecule has 2 aromatic heterocycles. The summed E-state index contributed by atoms with van der Waals surface area (Å²) in [6.45, 7) is 0. The first-order chi connectivity index (χ1) is 17.2. The van der Waals surface area contributed by atoms with Crippen LogP contribution in [0.3, 0.4) is 0 Å². The first-order valence-corrected chi connectivity index (χ1v) is 11.5. The van der Waals surface area contributed by atoms with Crippen molar-refractivity contribution in [3.8, 4) is 5.69 Å². The fourth-order valence-electron chi connectivity index (χ4n) is 4.06. The van der Waals surface area contributed by atoms with Gasteiger partial charge in [0.2, 0.25) is 5.91 Å². The second kappa shape index (κ2) is 10.1. The van der Waals surface area contributed by atoms with Gasteiger partial charge in [-0.15, -0.1) is 0 Å². The van der Waals surface area contributed by atoms with Gasteiger partial charge >= 0.3 is 0 Å². The predicted octanol–water partition coefficient (Wildman–Crippen LogP) is 4.94. The number of hydrogen-bond acceptors (Lipinski definition) is 4. The molecule has 1 N–H and O–H groups in total. The topological polar surface area (TPSA) is 76.9 Å². The maximum absolute atomic E-state index is 13.6. The lowest BCUT2D eigenvalue weighted by molar-refractivity contribution is -0.116. The van der Waals surface area contributed by atoms with Gasteiger partial charge in [0.05, 0.1) is 5.69 Å². The Morgan fingerprint density at radius 1 is 0.829 bits per heavy atom. The quantitative estimate of drug-likeness (QED) is 0.373. The largest absolute Gasteiger partial charge is 0.326 e. The average Bonchev–Trinajstić information content (AvgIpc) is 2.89. The van der Waals surface area contributed by atoms with Crippen molar-refractivity contribution in [2.24, 2.45) is 0 Å². The van der Waals surface area contributed by atoms with E-state index in [1.54, 1.807) is 22.9 Å². The number of rotatable bonds is 7. The SMILES string of the molecule is O=C(CCc1ccccc1)Nc1cccc(-n2c(=O)c(Cc3ccccc3)nc3cccnc32)c1. The number of benzene rings is 3. The minimum Gasteiger partial charge on any atom is -0.326 e. The van der Waals surface area contributed by atoms with Crippen molar-refractivity contribution >= 4 is 22.8 Å². The van der Waals surface area contributed by atoms with Crippen molar-refractivity contribution in [1.29, 1.82) is 0 Å². The molecule has 0 saturated carbocycles. The third kappa shape index (κ3) is 5.17. The number of aryl methyl sites for hydroxylation is 1. The average molecular weight is 461 g/mol. The second-order valence-electron chi connectivity index (χ2n) is 8.29. The van der Waals surface area contributed by atoms with E-state index in [1.807, 2.05) is 84.9 Å². The zero-order valence-corrected chi connectivity index (χ0v) is 19.1. The highest BCUT2D eigenvalue weighted by Crippen LogP contribution is 2.19. The molecular formula is C29H24N4O2. The van der Waals surface area contributed by atoms with Crippen molar-refractivity contribution in [3.05, 3.63) is 130 Å². The number of pyridine rings is 1. The van der Waals surface area contributed by atoms with Gasteiger partial charge in [-0.25, -0.2) is 9.97 Å². The molecule has 0 aliphatic rings. The summed E-state index contributed by atoms with van der Waals surface area (Å²) >= 11 is 0. The summed E-state index contributed by atoms with van der Waals surface area (Å²) in [6.07, 6.45) is 3.09. The Balaban J connectivity index is 1.46. The van der Waals surface area contributed by atoms with Gasteiger partial charge in [-0.3, -0.25) is 14.2 Å². The lowest BCUT2D eigenvalue weighted by Crippen LogP contribution is -2.25. The fraction of sp³-hybridized carbons (Fsp3) is 0.103. The van der Waals surface area contributed by atoms with E-state index in [0.29, 0.717) is 47.5 Å². The fourth-order valence-corrected chi connectivity index (χ4v) is 4.06. The molecule has 172 valence electrons. The van der Waals surface area contributed by atoms with E-state index >= 15 is 0 Å². The first-order valence-electron chi connectivity index (χ1n) is 11.5. The molecule has 35 heavy (non-hydrogen) atoms. The van der Waals surface area contributed by atoms with E-state index in [1.165, 1.54) is 0 Å². The smallest absolute Gasteiger partial charge is 0.278 e. The number of amides is 1. The number of aromatic nitrogens is 3. The van der Waals surface area contributed by atoms with Gasteiger partial charge in [-0.2, -0.15) is 0 Å². The van der Waals surface area contributed by atoms with Crippen molar-refractivity contribution < 1.29 is 4.79 Å². The van der Waals surface area contributed by atoms with E-state index in [-0.39, 0.29) is 11.5 Å². The monoisotopic (exact) mass is 460 g/mol. The van der Waals surface area contributed by atoms with E-state index in [9.17, 15) is 9.59 Å².